The first-order valence-electron chi connectivity index (χ1n) is 9.69. The molecule has 0 aliphatic carbocycles. The minimum atomic E-state index is 0.161. The second kappa shape index (κ2) is 8.90. The molecule has 4 rings (SSSR count). The quantitative estimate of drug-likeness (QED) is 0.404. The van der Waals surface area contributed by atoms with E-state index in [1.54, 1.807) is 31.4 Å². The predicted octanol–water partition coefficient (Wildman–Crippen LogP) is 6.02. The van der Waals surface area contributed by atoms with Crippen LogP contribution in [0.4, 0.5) is 0 Å². The van der Waals surface area contributed by atoms with Crippen molar-refractivity contribution in [2.75, 3.05) is 7.11 Å². The first-order chi connectivity index (χ1) is 15.1. The highest BCUT2D eigenvalue weighted by Gasteiger charge is 2.16. The van der Waals surface area contributed by atoms with Crippen molar-refractivity contribution in [3.05, 3.63) is 76.1 Å². The Bertz CT molecular complexity index is 1320. The van der Waals surface area contributed by atoms with E-state index in [2.05, 4.69) is 21.0 Å². The topological polar surface area (TPSA) is 83.8 Å². The predicted molar refractivity (Wildman–Crippen MR) is 121 cm³/mol. The molecule has 31 heavy (non-hydrogen) atoms. The molecule has 2 heterocycles. The van der Waals surface area contributed by atoms with E-state index in [-0.39, 0.29) is 6.01 Å². The largest absolute Gasteiger partial charge is 0.497 e. The van der Waals surface area contributed by atoms with Gasteiger partial charge in [-0.05, 0) is 48.4 Å². The monoisotopic (exact) mass is 430 g/mol. The maximum absolute atomic E-state index is 9.12. The number of fused-ring (bicyclic) bond motifs is 1. The molecule has 0 bridgehead atoms. The van der Waals surface area contributed by atoms with Gasteiger partial charge in [0.1, 0.15) is 17.1 Å². The van der Waals surface area contributed by atoms with Crippen LogP contribution in [-0.4, -0.2) is 22.1 Å². The van der Waals surface area contributed by atoms with E-state index in [9.17, 15) is 0 Å². The molecule has 0 saturated heterocycles. The van der Waals surface area contributed by atoms with Gasteiger partial charge in [-0.1, -0.05) is 42.8 Å². The van der Waals surface area contributed by atoms with Crippen LogP contribution in [0.5, 0.6) is 17.5 Å². The zero-order valence-electron chi connectivity index (χ0n) is 17.0. The van der Waals surface area contributed by atoms with Crippen LogP contribution in [0.2, 0.25) is 5.02 Å². The normalized spacial score (nSPS) is 11.0. The summed E-state index contributed by atoms with van der Waals surface area (Å²) in [5, 5.41) is 10.4. The van der Waals surface area contributed by atoms with Crippen molar-refractivity contribution in [2.45, 2.75) is 13.3 Å². The van der Waals surface area contributed by atoms with Crippen molar-refractivity contribution in [1.29, 1.82) is 5.26 Å². The van der Waals surface area contributed by atoms with Gasteiger partial charge >= 0.3 is 6.01 Å². The van der Waals surface area contributed by atoms with E-state index >= 15 is 0 Å². The first kappa shape index (κ1) is 20.5. The van der Waals surface area contributed by atoms with Crippen LogP contribution in [0, 0.1) is 11.3 Å². The van der Waals surface area contributed by atoms with E-state index < -0.39 is 0 Å². The number of aryl methyl sites for hydroxylation is 1. The summed E-state index contributed by atoms with van der Waals surface area (Å²) in [6.07, 6.45) is 4.53. The fraction of sp³-hybridized carbons (Fsp3) is 0.125. The number of halogens is 1. The van der Waals surface area contributed by atoms with Gasteiger partial charge in [0.2, 0.25) is 0 Å². The van der Waals surface area contributed by atoms with Gasteiger partial charge in [0.15, 0.2) is 0 Å². The van der Waals surface area contributed by atoms with Crippen LogP contribution in [0.3, 0.4) is 0 Å². The van der Waals surface area contributed by atoms with Gasteiger partial charge in [0.05, 0.1) is 34.8 Å². The number of hydrogen-bond donors (Lipinski definition) is 1. The molecule has 0 atom stereocenters. The van der Waals surface area contributed by atoms with Crippen molar-refractivity contribution in [3.63, 3.8) is 0 Å². The molecule has 154 valence electrons. The minimum Gasteiger partial charge on any atom is -0.497 e. The second-order valence-electron chi connectivity index (χ2n) is 6.74. The fourth-order valence-electron chi connectivity index (χ4n) is 3.18. The summed E-state index contributed by atoms with van der Waals surface area (Å²) in [7, 11) is 1.63. The Morgan fingerprint density at radius 1 is 1.10 bits per heavy atom. The number of nitrogens with one attached hydrogen (secondary N) is 1. The molecule has 0 saturated carbocycles. The van der Waals surface area contributed by atoms with Crippen LogP contribution < -0.4 is 9.47 Å². The molecule has 6 nitrogen and oxygen atoms in total. The summed E-state index contributed by atoms with van der Waals surface area (Å²) in [5.41, 5.74) is 3.55. The van der Waals surface area contributed by atoms with Crippen LogP contribution in [-0.2, 0) is 6.42 Å². The lowest BCUT2D eigenvalue weighted by Crippen LogP contribution is -1.95. The van der Waals surface area contributed by atoms with Gasteiger partial charge in [-0.25, -0.2) is 0 Å². The Balaban J connectivity index is 1.78. The summed E-state index contributed by atoms with van der Waals surface area (Å²) < 4.78 is 11.1. The molecule has 7 heteroatoms. The molecule has 0 fully saturated rings. The number of rotatable bonds is 6. The summed E-state index contributed by atoms with van der Waals surface area (Å²) >= 11 is 6.60. The van der Waals surface area contributed by atoms with Crippen molar-refractivity contribution in [3.8, 4) is 23.6 Å². The third-order valence-corrected chi connectivity index (χ3v) is 5.14. The fourth-order valence-corrected chi connectivity index (χ4v) is 3.54. The molecule has 4 aromatic rings. The summed E-state index contributed by atoms with van der Waals surface area (Å²) in [6, 6.07) is 16.8. The number of benzene rings is 2. The second-order valence-corrected chi connectivity index (χ2v) is 7.12. The minimum absolute atomic E-state index is 0.161. The van der Waals surface area contributed by atoms with E-state index in [1.165, 1.54) is 0 Å². The highest BCUT2D eigenvalue weighted by molar-refractivity contribution is 6.36. The lowest BCUT2D eigenvalue weighted by Gasteiger charge is -2.06. The van der Waals surface area contributed by atoms with Gasteiger partial charge in [-0.2, -0.15) is 15.2 Å². The Hall–Kier alpha value is -3.82. The summed E-state index contributed by atoms with van der Waals surface area (Å²) in [5.74, 6) is 1.25. The molecule has 0 aliphatic heterocycles. The van der Waals surface area contributed by atoms with E-state index in [0.29, 0.717) is 27.7 Å². The molecule has 0 unspecified atom stereocenters. The lowest BCUT2D eigenvalue weighted by molar-refractivity contribution is 0.414. The maximum atomic E-state index is 9.12. The van der Waals surface area contributed by atoms with Crippen LogP contribution in [0.25, 0.3) is 23.2 Å². The highest BCUT2D eigenvalue weighted by atomic mass is 35.5. The van der Waals surface area contributed by atoms with Crippen molar-refractivity contribution in [2.24, 2.45) is 0 Å². The Morgan fingerprint density at radius 2 is 1.90 bits per heavy atom. The SMILES string of the molecule is CCc1[nH]c2nc(Oc3cccc(C#N)c3)nc(/C=C\c3cccc(OC)c3)c2c1Cl. The third-order valence-electron chi connectivity index (χ3n) is 4.72. The van der Waals surface area contributed by atoms with Crippen molar-refractivity contribution >= 4 is 34.8 Å². The molecule has 2 aromatic heterocycles. The number of methoxy groups -OCH3 is 1. The maximum Gasteiger partial charge on any atom is 0.324 e. The number of nitriles is 1. The Morgan fingerprint density at radius 3 is 2.68 bits per heavy atom. The van der Waals surface area contributed by atoms with Crippen LogP contribution >= 0.6 is 11.6 Å². The standard InChI is InChI=1S/C24H19ClN4O2/c1-3-19-22(25)21-20(11-10-15-6-4-8-17(12-15)30-2)28-24(29-23(21)27-19)31-18-9-5-7-16(13-18)14-26/h4-13H,3H2,1-2H3,(H,27,28,29)/b11-10-. The molecule has 0 radical (unpaired) electrons. The first-order valence-corrected chi connectivity index (χ1v) is 10.1. The van der Waals surface area contributed by atoms with Crippen LogP contribution in [0.1, 0.15) is 29.4 Å². The number of nitrogens with zero attached hydrogens (tertiary/aromatic N) is 3. The van der Waals surface area contributed by atoms with E-state index in [0.717, 1.165) is 28.8 Å². The van der Waals surface area contributed by atoms with Gasteiger partial charge in [-0.15, -0.1) is 0 Å². The zero-order chi connectivity index (χ0) is 21.8. The third kappa shape index (κ3) is 4.37. The zero-order valence-corrected chi connectivity index (χ0v) is 17.8. The Labute approximate surface area is 184 Å². The van der Waals surface area contributed by atoms with Crippen molar-refractivity contribution in [1.82, 2.24) is 15.0 Å². The van der Waals surface area contributed by atoms with Gasteiger partial charge < -0.3 is 14.5 Å². The highest BCUT2D eigenvalue weighted by Crippen LogP contribution is 2.32. The molecule has 0 amide bonds. The van der Waals surface area contributed by atoms with Gasteiger partial charge in [0.25, 0.3) is 0 Å². The van der Waals surface area contributed by atoms with Gasteiger partial charge in [-0.3, -0.25) is 0 Å². The smallest absolute Gasteiger partial charge is 0.324 e. The number of aromatic amines is 1. The van der Waals surface area contributed by atoms with Crippen molar-refractivity contribution < 1.29 is 9.47 Å². The molecular weight excluding hydrogens is 412 g/mol. The lowest BCUT2D eigenvalue weighted by atomic mass is 10.1. The van der Waals surface area contributed by atoms with Crippen LogP contribution in [0.15, 0.2) is 48.5 Å². The molecule has 1 N–H and O–H groups in total. The average molecular weight is 431 g/mol. The number of hydrogen-bond acceptors (Lipinski definition) is 5. The average Bonchev–Trinajstić information content (AvgIpc) is 3.13. The summed E-state index contributed by atoms with van der Waals surface area (Å²) in [4.78, 5) is 12.3. The van der Waals surface area contributed by atoms with E-state index in [4.69, 9.17) is 26.3 Å². The molecule has 0 spiro atoms. The van der Waals surface area contributed by atoms with E-state index in [1.807, 2.05) is 43.3 Å². The molecule has 2 aromatic carbocycles. The van der Waals surface area contributed by atoms with Gasteiger partial charge in [0, 0.05) is 5.69 Å². The molecular formula is C24H19ClN4O2. The number of aromatic nitrogens is 3. The number of ether oxygens (including phenoxy) is 2. The number of H-pyrrole nitrogens is 1. The summed E-state index contributed by atoms with van der Waals surface area (Å²) in [6.45, 7) is 2.01. The molecule has 0 aliphatic rings. The Kier molecular flexibility index (Phi) is 5.87.